The molecule has 3 rings (SSSR count). The summed E-state index contributed by atoms with van der Waals surface area (Å²) < 4.78 is 13.0. The molecule has 160 valence electrons. The number of furan rings is 1. The summed E-state index contributed by atoms with van der Waals surface area (Å²) >= 11 is 0. The van der Waals surface area contributed by atoms with Crippen molar-refractivity contribution < 1.29 is 13.9 Å². The van der Waals surface area contributed by atoms with Gasteiger partial charge < -0.3 is 19.0 Å². The van der Waals surface area contributed by atoms with Gasteiger partial charge in [-0.15, -0.1) is 10.2 Å². The molecule has 1 amide bonds. The molecule has 8 nitrogen and oxygen atoms in total. The van der Waals surface area contributed by atoms with E-state index in [2.05, 4.69) is 57.9 Å². The van der Waals surface area contributed by atoms with Crippen molar-refractivity contribution in [3.63, 3.8) is 0 Å². The predicted octanol–water partition coefficient (Wildman–Crippen LogP) is 2.34. The minimum atomic E-state index is -0.164. The number of fused-ring (bicyclic) bond motifs is 1. The van der Waals surface area contributed by atoms with E-state index in [-0.39, 0.29) is 18.6 Å². The van der Waals surface area contributed by atoms with E-state index >= 15 is 0 Å². The number of aryl methyl sites for hydroxylation is 1. The van der Waals surface area contributed by atoms with Gasteiger partial charge in [-0.3, -0.25) is 9.69 Å². The lowest BCUT2D eigenvalue weighted by atomic mass is 10.0. The average molecular weight is 404 g/mol. The van der Waals surface area contributed by atoms with E-state index < -0.39 is 0 Å². The number of rotatable bonds is 9. The zero-order chi connectivity index (χ0) is 20.8. The third-order valence-corrected chi connectivity index (χ3v) is 5.22. The van der Waals surface area contributed by atoms with E-state index in [9.17, 15) is 4.79 Å². The number of amides is 1. The van der Waals surface area contributed by atoms with Crippen LogP contribution in [0.15, 0.2) is 16.5 Å². The monoisotopic (exact) mass is 403 g/mol. The molecule has 1 aliphatic heterocycles. The highest BCUT2D eigenvalue weighted by molar-refractivity contribution is 5.77. The van der Waals surface area contributed by atoms with Gasteiger partial charge in [0.05, 0.1) is 12.6 Å². The quantitative estimate of drug-likeness (QED) is 0.692. The van der Waals surface area contributed by atoms with Crippen molar-refractivity contribution >= 4 is 5.91 Å². The first-order valence-corrected chi connectivity index (χ1v) is 10.5. The lowest BCUT2D eigenvalue weighted by Gasteiger charge is -2.22. The molecule has 1 N–H and O–H groups in total. The Hall–Kier alpha value is -2.19. The topological polar surface area (TPSA) is 85.4 Å². The first kappa shape index (κ1) is 21.5. The summed E-state index contributed by atoms with van der Waals surface area (Å²) in [5.41, 5.74) is 0. The number of methoxy groups -OCH3 is 1. The van der Waals surface area contributed by atoms with E-state index in [0.717, 1.165) is 68.6 Å². The number of aromatic nitrogens is 3. The zero-order valence-corrected chi connectivity index (χ0v) is 18.0. The van der Waals surface area contributed by atoms with E-state index in [1.54, 1.807) is 0 Å². The smallest absolute Gasteiger partial charge is 0.246 e. The molecule has 8 heteroatoms. The van der Waals surface area contributed by atoms with Gasteiger partial charge in [0.1, 0.15) is 24.0 Å². The number of nitrogens with zero attached hydrogens (tertiary/aromatic N) is 4. The molecule has 3 heterocycles. The molecule has 0 bridgehead atoms. The molecule has 0 spiro atoms. The molecule has 0 aromatic carbocycles. The van der Waals surface area contributed by atoms with E-state index in [0.29, 0.717) is 5.92 Å². The Balaban J connectivity index is 1.70. The van der Waals surface area contributed by atoms with Crippen LogP contribution in [0.5, 0.6) is 0 Å². The lowest BCUT2D eigenvalue weighted by Crippen LogP contribution is -2.34. The fraction of sp³-hybridized carbons (Fsp3) is 0.667. The van der Waals surface area contributed by atoms with Crippen molar-refractivity contribution in [2.45, 2.75) is 59.2 Å². The molecule has 1 atom stereocenters. The van der Waals surface area contributed by atoms with Crippen molar-refractivity contribution in [1.82, 2.24) is 25.0 Å². The van der Waals surface area contributed by atoms with Crippen molar-refractivity contribution in [2.24, 2.45) is 5.92 Å². The van der Waals surface area contributed by atoms with Crippen molar-refractivity contribution in [3.8, 4) is 0 Å². The summed E-state index contributed by atoms with van der Waals surface area (Å²) in [5, 5.41) is 12.0. The van der Waals surface area contributed by atoms with Gasteiger partial charge in [-0.05, 0) is 24.5 Å². The van der Waals surface area contributed by atoms with Crippen LogP contribution in [0, 0.1) is 5.92 Å². The van der Waals surface area contributed by atoms with Crippen molar-refractivity contribution in [3.05, 3.63) is 35.3 Å². The Morgan fingerprint density at radius 3 is 2.72 bits per heavy atom. The van der Waals surface area contributed by atoms with Crippen LogP contribution in [0.25, 0.3) is 0 Å². The number of hydrogen-bond donors (Lipinski definition) is 1. The Kier molecular flexibility index (Phi) is 7.44. The molecule has 2 aromatic rings. The van der Waals surface area contributed by atoms with Crippen LogP contribution >= 0.6 is 0 Å². The molecule has 0 saturated heterocycles. The molecule has 0 radical (unpaired) electrons. The Morgan fingerprint density at radius 1 is 1.24 bits per heavy atom. The number of hydrogen-bond acceptors (Lipinski definition) is 6. The highest BCUT2D eigenvalue weighted by Gasteiger charge is 2.26. The highest BCUT2D eigenvalue weighted by atomic mass is 16.5. The maximum absolute atomic E-state index is 12.1. The molecular formula is C21H33N5O3. The largest absolute Gasteiger partial charge is 0.465 e. The van der Waals surface area contributed by atoms with Gasteiger partial charge in [-0.1, -0.05) is 20.8 Å². The fourth-order valence-corrected chi connectivity index (χ4v) is 3.79. The first-order valence-electron chi connectivity index (χ1n) is 10.5. The normalized spacial score (nSPS) is 15.9. The Labute approximate surface area is 172 Å². The third kappa shape index (κ3) is 5.67. The molecular weight excluding hydrogens is 370 g/mol. The van der Waals surface area contributed by atoms with Gasteiger partial charge in [-0.2, -0.15) is 0 Å². The van der Waals surface area contributed by atoms with Crippen LogP contribution in [0.4, 0.5) is 0 Å². The van der Waals surface area contributed by atoms with Gasteiger partial charge in [0.15, 0.2) is 5.82 Å². The maximum atomic E-state index is 12.1. The Morgan fingerprint density at radius 2 is 2.03 bits per heavy atom. The molecule has 0 unspecified atom stereocenters. The Bertz CT molecular complexity index is 798. The molecule has 29 heavy (non-hydrogen) atoms. The van der Waals surface area contributed by atoms with Gasteiger partial charge in [0.25, 0.3) is 0 Å². The molecule has 1 aliphatic rings. The summed E-state index contributed by atoms with van der Waals surface area (Å²) in [7, 11) is 1.53. The summed E-state index contributed by atoms with van der Waals surface area (Å²) in [6, 6.07) is 3.96. The van der Waals surface area contributed by atoms with Crippen LogP contribution < -0.4 is 5.32 Å². The number of nitrogens with one attached hydrogen (secondary N) is 1. The van der Waals surface area contributed by atoms with E-state index in [1.807, 2.05) is 0 Å². The summed E-state index contributed by atoms with van der Waals surface area (Å²) in [6.45, 7) is 9.83. The summed E-state index contributed by atoms with van der Waals surface area (Å²) in [6.07, 6.45) is 2.55. The second-order valence-electron chi connectivity index (χ2n) is 8.06. The number of carbonyl (C=O) groups excluding carboxylic acids is 1. The first-order chi connectivity index (χ1) is 14.0. The number of carbonyl (C=O) groups is 1. The fourth-order valence-electron chi connectivity index (χ4n) is 3.79. The van der Waals surface area contributed by atoms with Crippen LogP contribution in [-0.4, -0.2) is 52.4 Å². The van der Waals surface area contributed by atoms with E-state index in [1.165, 1.54) is 7.11 Å². The molecule has 0 aliphatic carbocycles. The molecule has 0 saturated carbocycles. The second-order valence-corrected chi connectivity index (χ2v) is 8.06. The average Bonchev–Trinajstić information content (AvgIpc) is 3.25. The van der Waals surface area contributed by atoms with Crippen LogP contribution in [0.2, 0.25) is 0 Å². The van der Waals surface area contributed by atoms with Crippen molar-refractivity contribution in [1.29, 1.82) is 0 Å². The minimum Gasteiger partial charge on any atom is -0.465 e. The predicted molar refractivity (Wildman–Crippen MR) is 109 cm³/mol. The van der Waals surface area contributed by atoms with Gasteiger partial charge >= 0.3 is 0 Å². The van der Waals surface area contributed by atoms with Crippen LogP contribution in [-0.2, 0) is 35.5 Å². The SMILES string of the molecule is CCc1ccc(CN2CCc3nnc([C@H](CC(C)C)NC(=O)COC)n3CC2)o1. The third-order valence-electron chi connectivity index (χ3n) is 5.22. The maximum Gasteiger partial charge on any atom is 0.246 e. The standard InChI is InChI=1S/C21H33N5O3/c1-5-16-6-7-17(29-16)13-25-9-8-19-23-24-21(26(19)11-10-25)18(12-15(2)3)22-20(27)14-28-4/h6-7,15,18H,5,8-14H2,1-4H3,(H,22,27)/t18-/m0/s1. The van der Waals surface area contributed by atoms with Gasteiger partial charge in [0.2, 0.25) is 5.91 Å². The molecule has 2 aromatic heterocycles. The van der Waals surface area contributed by atoms with Crippen molar-refractivity contribution in [2.75, 3.05) is 26.8 Å². The highest BCUT2D eigenvalue weighted by Crippen LogP contribution is 2.23. The van der Waals surface area contributed by atoms with E-state index in [4.69, 9.17) is 9.15 Å². The van der Waals surface area contributed by atoms with Crippen LogP contribution in [0.1, 0.15) is 56.4 Å². The second kappa shape index (κ2) is 10.0. The zero-order valence-electron chi connectivity index (χ0n) is 18.0. The number of ether oxygens (including phenoxy) is 1. The summed E-state index contributed by atoms with van der Waals surface area (Å²) in [5.74, 6) is 4.14. The van der Waals surface area contributed by atoms with Gasteiger partial charge in [0, 0.05) is 39.6 Å². The molecule has 0 fully saturated rings. The lowest BCUT2D eigenvalue weighted by molar-refractivity contribution is -0.125. The minimum absolute atomic E-state index is 0.0479. The van der Waals surface area contributed by atoms with Gasteiger partial charge in [-0.25, -0.2) is 0 Å². The van der Waals surface area contributed by atoms with Crippen LogP contribution in [0.3, 0.4) is 0 Å². The summed E-state index contributed by atoms with van der Waals surface area (Å²) in [4.78, 5) is 14.5.